The van der Waals surface area contributed by atoms with Crippen LogP contribution < -0.4 is 10.0 Å². The van der Waals surface area contributed by atoms with E-state index in [-0.39, 0.29) is 23.9 Å². The molecule has 2 N–H and O–H groups in total. The fraction of sp³-hybridized carbons (Fsp3) is 0.538. The van der Waals surface area contributed by atoms with E-state index in [1.54, 1.807) is 18.2 Å². The van der Waals surface area contributed by atoms with Crippen LogP contribution in [0.3, 0.4) is 0 Å². The SMILES string of the molecule is O=[N+]([O-])c1ccccc1CNS(=O)(=O)CC1CCNCC1. The molecule has 0 spiro atoms. The van der Waals surface area contributed by atoms with Crippen LogP contribution >= 0.6 is 0 Å². The van der Waals surface area contributed by atoms with Crippen LogP contribution in [0.1, 0.15) is 18.4 Å². The second-order valence-electron chi connectivity index (χ2n) is 5.18. The molecule has 0 bridgehead atoms. The molecule has 0 amide bonds. The summed E-state index contributed by atoms with van der Waals surface area (Å²) in [7, 11) is -3.42. The van der Waals surface area contributed by atoms with E-state index in [2.05, 4.69) is 10.0 Å². The fourth-order valence-corrected chi connectivity index (χ4v) is 3.89. The van der Waals surface area contributed by atoms with Gasteiger partial charge in [0.05, 0.1) is 10.7 Å². The number of nitrogens with zero attached hydrogens (tertiary/aromatic N) is 1. The van der Waals surface area contributed by atoms with Crippen LogP contribution in [0.15, 0.2) is 24.3 Å². The van der Waals surface area contributed by atoms with Gasteiger partial charge in [0.25, 0.3) is 5.69 Å². The summed E-state index contributed by atoms with van der Waals surface area (Å²) in [5, 5.41) is 14.1. The molecule has 0 radical (unpaired) electrons. The summed E-state index contributed by atoms with van der Waals surface area (Å²) in [5.74, 6) is 0.226. The maximum absolute atomic E-state index is 12.1. The van der Waals surface area contributed by atoms with Gasteiger partial charge < -0.3 is 5.32 Å². The van der Waals surface area contributed by atoms with E-state index in [1.807, 2.05) is 0 Å². The number of nitrogens with one attached hydrogen (secondary N) is 2. The van der Waals surface area contributed by atoms with Gasteiger partial charge in [-0.25, -0.2) is 13.1 Å². The number of para-hydroxylation sites is 1. The van der Waals surface area contributed by atoms with Gasteiger partial charge >= 0.3 is 0 Å². The Labute approximate surface area is 123 Å². The standard InChI is InChI=1S/C13H19N3O4S/c17-16(18)13-4-2-1-3-12(13)9-15-21(19,20)10-11-5-7-14-8-6-11/h1-4,11,14-15H,5-10H2. The summed E-state index contributed by atoms with van der Waals surface area (Å²) in [6, 6.07) is 6.15. The van der Waals surface area contributed by atoms with Gasteiger partial charge in [0.15, 0.2) is 0 Å². The third kappa shape index (κ3) is 4.76. The van der Waals surface area contributed by atoms with E-state index in [0.717, 1.165) is 25.9 Å². The molecule has 1 fully saturated rings. The molecule has 0 atom stereocenters. The highest BCUT2D eigenvalue weighted by atomic mass is 32.2. The molecule has 21 heavy (non-hydrogen) atoms. The van der Waals surface area contributed by atoms with E-state index in [1.165, 1.54) is 6.07 Å². The van der Waals surface area contributed by atoms with Crippen molar-refractivity contribution in [3.8, 4) is 0 Å². The minimum atomic E-state index is -3.42. The van der Waals surface area contributed by atoms with Crippen LogP contribution in [0, 0.1) is 16.0 Å². The molecule has 1 saturated heterocycles. The van der Waals surface area contributed by atoms with Crippen LogP contribution in [-0.2, 0) is 16.6 Å². The molecule has 7 nitrogen and oxygen atoms in total. The van der Waals surface area contributed by atoms with Crippen molar-refractivity contribution in [2.75, 3.05) is 18.8 Å². The number of benzene rings is 1. The third-order valence-electron chi connectivity index (χ3n) is 3.58. The Balaban J connectivity index is 1.96. The van der Waals surface area contributed by atoms with Crippen LogP contribution in [0.5, 0.6) is 0 Å². The van der Waals surface area contributed by atoms with E-state index in [9.17, 15) is 18.5 Å². The smallest absolute Gasteiger partial charge is 0.273 e. The third-order valence-corrected chi connectivity index (χ3v) is 5.08. The Bertz CT molecular complexity index is 597. The number of rotatable bonds is 6. The second-order valence-corrected chi connectivity index (χ2v) is 7.03. The Hall–Kier alpha value is -1.51. The molecule has 1 aromatic carbocycles. The molecular formula is C13H19N3O4S. The summed E-state index contributed by atoms with van der Waals surface area (Å²) in [6.45, 7) is 1.62. The summed E-state index contributed by atoms with van der Waals surface area (Å²) in [5.41, 5.74) is 0.304. The normalized spacial score (nSPS) is 16.8. The zero-order valence-electron chi connectivity index (χ0n) is 11.6. The maximum atomic E-state index is 12.1. The summed E-state index contributed by atoms with van der Waals surface area (Å²) in [6.07, 6.45) is 1.68. The van der Waals surface area contributed by atoms with Crippen LogP contribution in [0.2, 0.25) is 0 Å². The molecule has 0 unspecified atom stereocenters. The van der Waals surface area contributed by atoms with E-state index >= 15 is 0 Å². The van der Waals surface area contributed by atoms with Gasteiger partial charge in [0, 0.05) is 18.2 Å². The van der Waals surface area contributed by atoms with Crippen molar-refractivity contribution in [3.63, 3.8) is 0 Å². The summed E-state index contributed by atoms with van der Waals surface area (Å²) < 4.78 is 26.6. The largest absolute Gasteiger partial charge is 0.317 e. The first kappa shape index (κ1) is 15.9. The number of hydrogen-bond donors (Lipinski definition) is 2. The summed E-state index contributed by atoms with van der Waals surface area (Å²) in [4.78, 5) is 10.4. The van der Waals surface area contributed by atoms with Gasteiger partial charge in [-0.15, -0.1) is 0 Å². The average Bonchev–Trinajstić information content (AvgIpc) is 2.46. The topological polar surface area (TPSA) is 101 Å². The van der Waals surface area contributed by atoms with Gasteiger partial charge in [-0.1, -0.05) is 18.2 Å². The van der Waals surface area contributed by atoms with E-state index in [0.29, 0.717) is 5.56 Å². The number of sulfonamides is 1. The van der Waals surface area contributed by atoms with Gasteiger partial charge in [0.2, 0.25) is 10.0 Å². The molecule has 1 aliphatic rings. The molecule has 1 aliphatic heterocycles. The number of hydrogen-bond acceptors (Lipinski definition) is 5. The summed E-state index contributed by atoms with van der Waals surface area (Å²) >= 11 is 0. The molecule has 0 aromatic heterocycles. The highest BCUT2D eigenvalue weighted by Crippen LogP contribution is 2.18. The average molecular weight is 313 g/mol. The lowest BCUT2D eigenvalue weighted by Gasteiger charge is -2.22. The Morgan fingerprint density at radius 1 is 1.29 bits per heavy atom. The molecule has 116 valence electrons. The van der Waals surface area contributed by atoms with Gasteiger partial charge in [-0.3, -0.25) is 10.1 Å². The first-order valence-electron chi connectivity index (χ1n) is 6.88. The fourth-order valence-electron chi connectivity index (χ4n) is 2.44. The first-order valence-corrected chi connectivity index (χ1v) is 8.53. The van der Waals surface area contributed by atoms with Gasteiger partial charge in [-0.2, -0.15) is 0 Å². The highest BCUT2D eigenvalue weighted by Gasteiger charge is 2.22. The monoisotopic (exact) mass is 313 g/mol. The zero-order valence-corrected chi connectivity index (χ0v) is 12.4. The van der Waals surface area contributed by atoms with Crippen LogP contribution in [0.4, 0.5) is 5.69 Å². The van der Waals surface area contributed by atoms with Crippen LogP contribution in [-0.4, -0.2) is 32.2 Å². The van der Waals surface area contributed by atoms with E-state index in [4.69, 9.17) is 0 Å². The maximum Gasteiger partial charge on any atom is 0.273 e. The number of nitro benzene ring substituents is 1. The van der Waals surface area contributed by atoms with Crippen LogP contribution in [0.25, 0.3) is 0 Å². The molecule has 8 heteroatoms. The van der Waals surface area contributed by atoms with Crippen molar-refractivity contribution in [2.24, 2.45) is 5.92 Å². The molecule has 1 aromatic rings. The Morgan fingerprint density at radius 2 is 1.95 bits per heavy atom. The predicted octanol–water partition coefficient (Wildman–Crippen LogP) is 1.01. The first-order chi connectivity index (χ1) is 9.98. The minimum absolute atomic E-state index is 0.0511. The van der Waals surface area contributed by atoms with Crippen molar-refractivity contribution in [1.29, 1.82) is 0 Å². The quantitative estimate of drug-likeness (QED) is 0.603. The van der Waals surface area contributed by atoms with Crippen molar-refractivity contribution in [1.82, 2.24) is 10.0 Å². The van der Waals surface area contributed by atoms with Gasteiger partial charge in [0.1, 0.15) is 0 Å². The number of piperidine rings is 1. The van der Waals surface area contributed by atoms with Crippen molar-refractivity contribution < 1.29 is 13.3 Å². The van der Waals surface area contributed by atoms with Crippen molar-refractivity contribution in [2.45, 2.75) is 19.4 Å². The van der Waals surface area contributed by atoms with Crippen molar-refractivity contribution >= 4 is 15.7 Å². The molecular weight excluding hydrogens is 294 g/mol. The second kappa shape index (κ2) is 6.97. The Morgan fingerprint density at radius 3 is 2.62 bits per heavy atom. The molecule has 2 rings (SSSR count). The molecule has 1 heterocycles. The van der Waals surface area contributed by atoms with Gasteiger partial charge in [-0.05, 0) is 31.8 Å². The van der Waals surface area contributed by atoms with E-state index < -0.39 is 14.9 Å². The zero-order chi connectivity index (χ0) is 15.3. The minimum Gasteiger partial charge on any atom is -0.317 e. The Kier molecular flexibility index (Phi) is 5.27. The predicted molar refractivity (Wildman–Crippen MR) is 79.3 cm³/mol. The lowest BCUT2D eigenvalue weighted by atomic mass is 10.0. The highest BCUT2D eigenvalue weighted by molar-refractivity contribution is 7.89. The lowest BCUT2D eigenvalue weighted by Crippen LogP contribution is -2.35. The molecule has 0 saturated carbocycles. The molecule has 0 aliphatic carbocycles. The van der Waals surface area contributed by atoms with Crippen molar-refractivity contribution in [3.05, 3.63) is 39.9 Å². The lowest BCUT2D eigenvalue weighted by molar-refractivity contribution is -0.385. The number of nitro groups is 1.